The van der Waals surface area contributed by atoms with Gasteiger partial charge >= 0.3 is 0 Å². The first-order valence-corrected chi connectivity index (χ1v) is 6.29. The van der Waals surface area contributed by atoms with Crippen LogP contribution in [0, 0.1) is 11.8 Å². The Morgan fingerprint density at radius 1 is 1.17 bits per heavy atom. The molecule has 6 nitrogen and oxygen atoms in total. The molecule has 1 fully saturated rings. The topological polar surface area (TPSA) is 61.7 Å². The van der Waals surface area contributed by atoms with Gasteiger partial charge in [-0.25, -0.2) is 0 Å². The van der Waals surface area contributed by atoms with Crippen LogP contribution in [0.3, 0.4) is 0 Å². The Bertz CT molecular complexity index is 373. The van der Waals surface area contributed by atoms with E-state index in [-0.39, 0.29) is 0 Å². The van der Waals surface area contributed by atoms with Crippen LogP contribution in [0.4, 0.5) is 0 Å². The molecule has 2 rings (SSSR count). The van der Waals surface area contributed by atoms with Crippen molar-refractivity contribution < 1.29 is 0 Å². The van der Waals surface area contributed by atoms with Crippen LogP contribution in [0.2, 0.25) is 0 Å². The van der Waals surface area contributed by atoms with Gasteiger partial charge in [-0.3, -0.25) is 19.8 Å². The molecule has 0 N–H and O–H groups in total. The average molecular weight is 249 g/mol. The lowest BCUT2D eigenvalue weighted by Gasteiger charge is -2.33. The molecule has 0 saturated carbocycles. The molecule has 0 spiro atoms. The fraction of sp³-hybridized carbons (Fsp3) is 0.667. The maximum atomic E-state index is 10.1. The molecule has 18 heavy (non-hydrogen) atoms. The Morgan fingerprint density at radius 3 is 2.50 bits per heavy atom. The van der Waals surface area contributed by atoms with Gasteiger partial charge in [0, 0.05) is 51.7 Å². The van der Waals surface area contributed by atoms with Crippen molar-refractivity contribution in [1.29, 1.82) is 0 Å². The van der Waals surface area contributed by atoms with Crippen molar-refractivity contribution in [3.8, 4) is 0 Å². The highest BCUT2D eigenvalue weighted by molar-refractivity contribution is 5.00. The minimum absolute atomic E-state index is 0.392. The van der Waals surface area contributed by atoms with Crippen molar-refractivity contribution in [2.45, 2.75) is 13.5 Å². The first kappa shape index (κ1) is 13.0. The van der Waals surface area contributed by atoms with Crippen LogP contribution in [0.1, 0.15) is 11.4 Å². The maximum Gasteiger partial charge on any atom is 0.0938 e. The van der Waals surface area contributed by atoms with Crippen molar-refractivity contribution >= 4 is 0 Å². The Labute approximate surface area is 107 Å². The number of aromatic nitrogens is 2. The summed E-state index contributed by atoms with van der Waals surface area (Å²) in [5.74, 6) is 0. The summed E-state index contributed by atoms with van der Waals surface area (Å²) in [5, 5.41) is 2.90. The average Bonchev–Trinajstić information content (AvgIpc) is 2.41. The molecule has 0 radical (unpaired) electrons. The fourth-order valence-electron chi connectivity index (χ4n) is 2.08. The number of nitroso groups, excluding NO2 is 1. The fourth-order valence-corrected chi connectivity index (χ4v) is 2.08. The van der Waals surface area contributed by atoms with Gasteiger partial charge in [0.15, 0.2) is 0 Å². The normalized spacial score (nSPS) is 17.8. The first-order chi connectivity index (χ1) is 8.78. The predicted octanol–water partition coefficient (Wildman–Crippen LogP) is 0.669. The number of piperazine rings is 1. The second-order valence-corrected chi connectivity index (χ2v) is 4.62. The molecule has 1 aliphatic heterocycles. The third-order valence-electron chi connectivity index (χ3n) is 3.19. The van der Waals surface area contributed by atoms with E-state index in [4.69, 9.17) is 0 Å². The lowest BCUT2D eigenvalue weighted by molar-refractivity contribution is 0.128. The summed E-state index contributed by atoms with van der Waals surface area (Å²) < 4.78 is 0. The van der Waals surface area contributed by atoms with Crippen LogP contribution < -0.4 is 0 Å². The molecule has 1 aliphatic rings. The van der Waals surface area contributed by atoms with Gasteiger partial charge in [-0.15, -0.1) is 0 Å². The monoisotopic (exact) mass is 249 g/mol. The van der Waals surface area contributed by atoms with E-state index in [2.05, 4.69) is 24.9 Å². The molecule has 0 bridgehead atoms. The third-order valence-corrected chi connectivity index (χ3v) is 3.19. The summed E-state index contributed by atoms with van der Waals surface area (Å²) in [6.07, 6.45) is 3.65. The predicted molar refractivity (Wildman–Crippen MR) is 69.1 cm³/mol. The zero-order valence-corrected chi connectivity index (χ0v) is 10.7. The van der Waals surface area contributed by atoms with Gasteiger partial charge < -0.3 is 0 Å². The zero-order chi connectivity index (χ0) is 12.8. The molecule has 0 atom stereocenters. The second kappa shape index (κ2) is 6.51. The van der Waals surface area contributed by atoms with Crippen LogP contribution in [0.15, 0.2) is 17.6 Å². The van der Waals surface area contributed by atoms with Gasteiger partial charge in [-0.2, -0.15) is 4.91 Å². The zero-order valence-electron chi connectivity index (χ0n) is 10.7. The van der Waals surface area contributed by atoms with Crippen LogP contribution >= 0.6 is 0 Å². The van der Waals surface area contributed by atoms with Crippen LogP contribution in [0.5, 0.6) is 0 Å². The first-order valence-electron chi connectivity index (χ1n) is 6.29. The van der Waals surface area contributed by atoms with E-state index in [0.717, 1.165) is 50.7 Å². The van der Waals surface area contributed by atoms with Gasteiger partial charge in [0.05, 0.1) is 17.9 Å². The minimum atomic E-state index is 0.392. The highest BCUT2D eigenvalue weighted by Gasteiger charge is 2.16. The van der Waals surface area contributed by atoms with E-state index in [1.807, 2.05) is 13.1 Å². The summed E-state index contributed by atoms with van der Waals surface area (Å²) in [4.78, 5) is 23.3. The van der Waals surface area contributed by atoms with E-state index < -0.39 is 0 Å². The van der Waals surface area contributed by atoms with Crippen LogP contribution in [0.25, 0.3) is 0 Å². The number of nitrogens with zero attached hydrogens (tertiary/aromatic N) is 5. The molecule has 98 valence electrons. The summed E-state index contributed by atoms with van der Waals surface area (Å²) in [5.41, 5.74) is 1.97. The summed E-state index contributed by atoms with van der Waals surface area (Å²) in [6, 6.07) is 0. The highest BCUT2D eigenvalue weighted by atomic mass is 16.3. The van der Waals surface area contributed by atoms with Crippen LogP contribution in [-0.4, -0.2) is 59.0 Å². The summed E-state index contributed by atoms with van der Waals surface area (Å²) >= 11 is 0. The highest BCUT2D eigenvalue weighted by Crippen LogP contribution is 2.06. The maximum absolute atomic E-state index is 10.1. The minimum Gasteiger partial charge on any atom is -0.299 e. The van der Waals surface area contributed by atoms with E-state index in [0.29, 0.717) is 6.54 Å². The standard InChI is InChI=1S/C12H19N5O/c1-11-8-14-12(9-13-11)10-17-6-4-16(5-7-17)3-2-15-18/h8-9H,2-7,10H2,1H3. The largest absolute Gasteiger partial charge is 0.299 e. The summed E-state index contributed by atoms with van der Waals surface area (Å²) in [7, 11) is 0. The molecule has 6 heteroatoms. The van der Waals surface area contributed by atoms with E-state index in [9.17, 15) is 4.91 Å². The lowest BCUT2D eigenvalue weighted by atomic mass is 10.3. The van der Waals surface area contributed by atoms with Crippen molar-refractivity contribution in [3.05, 3.63) is 28.7 Å². The van der Waals surface area contributed by atoms with Crippen molar-refractivity contribution in [2.75, 3.05) is 39.3 Å². The molecule has 0 aliphatic carbocycles. The molecule has 2 heterocycles. The molecular formula is C12H19N5O. The SMILES string of the molecule is Cc1cnc(CN2CCN(CCN=O)CC2)cn1. The lowest BCUT2D eigenvalue weighted by Crippen LogP contribution is -2.46. The van der Waals surface area contributed by atoms with Crippen molar-refractivity contribution in [2.24, 2.45) is 5.18 Å². The van der Waals surface area contributed by atoms with E-state index >= 15 is 0 Å². The molecule has 0 aromatic carbocycles. The van der Waals surface area contributed by atoms with Crippen molar-refractivity contribution in [1.82, 2.24) is 19.8 Å². The number of hydrogen-bond acceptors (Lipinski definition) is 6. The summed E-state index contributed by atoms with van der Waals surface area (Å²) in [6.45, 7) is 7.97. The third kappa shape index (κ3) is 3.82. The van der Waals surface area contributed by atoms with E-state index in [1.54, 1.807) is 6.20 Å². The molecular weight excluding hydrogens is 230 g/mol. The van der Waals surface area contributed by atoms with Crippen LogP contribution in [-0.2, 0) is 6.54 Å². The molecule has 0 unspecified atom stereocenters. The van der Waals surface area contributed by atoms with Gasteiger partial charge in [0.2, 0.25) is 0 Å². The Balaban J connectivity index is 1.76. The molecule has 1 saturated heterocycles. The molecule has 0 amide bonds. The number of hydrogen-bond donors (Lipinski definition) is 0. The van der Waals surface area contributed by atoms with Gasteiger partial charge in [0.1, 0.15) is 0 Å². The second-order valence-electron chi connectivity index (χ2n) is 4.62. The van der Waals surface area contributed by atoms with Gasteiger partial charge in [0.25, 0.3) is 0 Å². The smallest absolute Gasteiger partial charge is 0.0938 e. The van der Waals surface area contributed by atoms with Gasteiger partial charge in [-0.1, -0.05) is 5.18 Å². The number of aryl methyl sites for hydroxylation is 1. The van der Waals surface area contributed by atoms with E-state index in [1.165, 1.54) is 0 Å². The molecule has 1 aromatic heterocycles. The van der Waals surface area contributed by atoms with Gasteiger partial charge in [-0.05, 0) is 6.92 Å². The Morgan fingerprint density at radius 2 is 1.89 bits per heavy atom. The quantitative estimate of drug-likeness (QED) is 0.718. The molecule has 1 aromatic rings. The van der Waals surface area contributed by atoms with Crippen molar-refractivity contribution in [3.63, 3.8) is 0 Å². The number of rotatable bonds is 5. The Hall–Kier alpha value is -1.40. The Kier molecular flexibility index (Phi) is 4.72.